The summed E-state index contributed by atoms with van der Waals surface area (Å²) in [4.78, 5) is 3.52. The lowest BCUT2D eigenvalue weighted by Gasteiger charge is -2.13. The van der Waals surface area contributed by atoms with Gasteiger partial charge in [-0.3, -0.25) is 4.98 Å². The number of hydrogen-bond acceptors (Lipinski definition) is 4. The summed E-state index contributed by atoms with van der Waals surface area (Å²) < 4.78 is 53.2. The Hall–Kier alpha value is -1.88. The average Bonchev–Trinajstić information content (AvgIpc) is 2.23. The van der Waals surface area contributed by atoms with Crippen LogP contribution in [0.25, 0.3) is 0 Å². The molecule has 0 spiro atoms. The van der Waals surface area contributed by atoms with Crippen molar-refractivity contribution >= 4 is 0 Å². The van der Waals surface area contributed by atoms with Crippen LogP contribution >= 0.6 is 0 Å². The largest absolute Gasteiger partial charge is 0.573 e. The Morgan fingerprint density at radius 2 is 2.12 bits per heavy atom. The molecule has 0 aromatic carbocycles. The molecule has 0 saturated heterocycles. The molecule has 0 aliphatic heterocycles. The first kappa shape index (κ1) is 13.2. The van der Waals surface area contributed by atoms with Crippen molar-refractivity contribution in [1.29, 1.82) is 5.26 Å². The molecule has 0 fully saturated rings. The number of halogens is 4. The molecule has 17 heavy (non-hydrogen) atoms. The Balaban J connectivity index is 3.23. The van der Waals surface area contributed by atoms with Gasteiger partial charge >= 0.3 is 6.36 Å². The Labute approximate surface area is 93.6 Å². The number of nitrogens with zero attached hydrogens (tertiary/aromatic N) is 2. The summed E-state index contributed by atoms with van der Waals surface area (Å²) in [5.41, 5.74) is 4.49. The fourth-order valence-electron chi connectivity index (χ4n) is 1.12. The molecule has 0 amide bonds. The minimum absolute atomic E-state index is 0.274. The highest BCUT2D eigenvalue weighted by molar-refractivity contribution is 5.35. The first-order valence-electron chi connectivity index (χ1n) is 4.38. The fraction of sp³-hybridized carbons (Fsp3) is 0.333. The first-order chi connectivity index (χ1) is 7.89. The highest BCUT2D eigenvalue weighted by Crippen LogP contribution is 2.29. The number of alkyl halides is 3. The molecule has 4 nitrogen and oxygen atoms in total. The first-order valence-corrected chi connectivity index (χ1v) is 4.38. The highest BCUT2D eigenvalue weighted by atomic mass is 19.4. The molecule has 0 aliphatic carbocycles. The van der Waals surface area contributed by atoms with Crippen LogP contribution in [0.3, 0.4) is 0 Å². The second kappa shape index (κ2) is 4.97. The molecule has 0 aliphatic rings. The topological polar surface area (TPSA) is 71.9 Å². The van der Waals surface area contributed by atoms with E-state index < -0.39 is 30.9 Å². The number of rotatable bonds is 3. The second-order valence-corrected chi connectivity index (χ2v) is 2.96. The minimum Gasteiger partial charge on any atom is -0.401 e. The summed E-state index contributed by atoms with van der Waals surface area (Å²) in [6.45, 7) is -0.408. The van der Waals surface area contributed by atoms with Crippen molar-refractivity contribution in [2.45, 2.75) is 19.3 Å². The lowest BCUT2D eigenvalue weighted by molar-refractivity contribution is -0.276. The Morgan fingerprint density at radius 1 is 1.47 bits per heavy atom. The standard InChI is InChI=1S/C9H7F4N3O/c10-7-5(1-2-14)4-16-6(3-15)8(7)17-9(11,12)13/h4H,1,3,15H2. The number of hydrogen-bond donors (Lipinski definition) is 1. The van der Waals surface area contributed by atoms with Crippen molar-refractivity contribution in [3.05, 3.63) is 23.3 Å². The van der Waals surface area contributed by atoms with E-state index in [1.54, 1.807) is 6.07 Å². The van der Waals surface area contributed by atoms with Gasteiger partial charge in [0.2, 0.25) is 0 Å². The van der Waals surface area contributed by atoms with Gasteiger partial charge in [-0.15, -0.1) is 13.2 Å². The molecule has 1 heterocycles. The fourth-order valence-corrected chi connectivity index (χ4v) is 1.12. The predicted octanol–water partition coefficient (Wildman–Crippen LogP) is 1.64. The molecule has 2 N–H and O–H groups in total. The van der Waals surface area contributed by atoms with E-state index in [9.17, 15) is 17.6 Å². The zero-order valence-electron chi connectivity index (χ0n) is 8.38. The Bertz CT molecular complexity index is 453. The van der Waals surface area contributed by atoms with Crippen molar-refractivity contribution in [2.24, 2.45) is 5.73 Å². The van der Waals surface area contributed by atoms with E-state index in [0.29, 0.717) is 0 Å². The lowest BCUT2D eigenvalue weighted by atomic mass is 10.2. The summed E-state index contributed by atoms with van der Waals surface area (Å²) in [5.74, 6) is -2.34. The maximum Gasteiger partial charge on any atom is 0.573 e. The van der Waals surface area contributed by atoms with Gasteiger partial charge in [-0.2, -0.15) is 5.26 Å². The van der Waals surface area contributed by atoms with Crippen LogP contribution in [0, 0.1) is 17.1 Å². The molecule has 1 aromatic heterocycles. The van der Waals surface area contributed by atoms with Crippen molar-refractivity contribution in [3.8, 4) is 11.8 Å². The van der Waals surface area contributed by atoms with E-state index in [1.807, 2.05) is 0 Å². The number of nitrogens with two attached hydrogens (primary N) is 1. The summed E-state index contributed by atoms with van der Waals surface area (Å²) >= 11 is 0. The molecule has 0 bridgehead atoms. The van der Waals surface area contributed by atoms with Gasteiger partial charge in [-0.25, -0.2) is 4.39 Å². The minimum atomic E-state index is -5.04. The third-order valence-electron chi connectivity index (χ3n) is 1.80. The van der Waals surface area contributed by atoms with E-state index in [4.69, 9.17) is 11.0 Å². The van der Waals surface area contributed by atoms with E-state index in [2.05, 4.69) is 9.72 Å². The van der Waals surface area contributed by atoms with Crippen molar-refractivity contribution in [2.75, 3.05) is 0 Å². The normalized spacial score (nSPS) is 11.1. The number of nitriles is 1. The van der Waals surface area contributed by atoms with Gasteiger partial charge in [0.05, 0.1) is 18.2 Å². The summed E-state index contributed by atoms with van der Waals surface area (Å²) in [7, 11) is 0. The zero-order valence-corrected chi connectivity index (χ0v) is 8.38. The smallest absolute Gasteiger partial charge is 0.401 e. The quantitative estimate of drug-likeness (QED) is 0.826. The molecule has 8 heteroatoms. The molecule has 1 aromatic rings. The van der Waals surface area contributed by atoms with Crippen LogP contribution in [0.1, 0.15) is 11.3 Å². The summed E-state index contributed by atoms with van der Waals surface area (Å²) in [6, 6.07) is 1.60. The van der Waals surface area contributed by atoms with E-state index in [1.165, 1.54) is 0 Å². The monoisotopic (exact) mass is 249 g/mol. The van der Waals surface area contributed by atoms with Crippen LogP contribution in [-0.4, -0.2) is 11.3 Å². The van der Waals surface area contributed by atoms with Crippen molar-refractivity contribution in [1.82, 2.24) is 4.98 Å². The molecule has 1 rings (SSSR count). The van der Waals surface area contributed by atoms with Gasteiger partial charge in [0.15, 0.2) is 11.6 Å². The van der Waals surface area contributed by atoms with Crippen LogP contribution in [0.15, 0.2) is 6.20 Å². The third-order valence-corrected chi connectivity index (χ3v) is 1.80. The van der Waals surface area contributed by atoms with Crippen LogP contribution in [-0.2, 0) is 13.0 Å². The lowest BCUT2D eigenvalue weighted by Crippen LogP contribution is -2.21. The molecule has 92 valence electrons. The van der Waals surface area contributed by atoms with Gasteiger partial charge in [0, 0.05) is 18.3 Å². The van der Waals surface area contributed by atoms with Gasteiger partial charge < -0.3 is 10.5 Å². The van der Waals surface area contributed by atoms with Gasteiger partial charge in [-0.1, -0.05) is 0 Å². The van der Waals surface area contributed by atoms with Crippen LogP contribution < -0.4 is 10.5 Å². The number of ether oxygens (including phenoxy) is 1. The molecular formula is C9H7F4N3O. The van der Waals surface area contributed by atoms with Crippen LogP contribution in [0.4, 0.5) is 17.6 Å². The Kier molecular flexibility index (Phi) is 3.85. The van der Waals surface area contributed by atoms with Crippen LogP contribution in [0.2, 0.25) is 0 Å². The second-order valence-electron chi connectivity index (χ2n) is 2.96. The highest BCUT2D eigenvalue weighted by Gasteiger charge is 2.34. The molecule has 0 atom stereocenters. The van der Waals surface area contributed by atoms with Gasteiger partial charge in [-0.05, 0) is 0 Å². The maximum absolute atomic E-state index is 13.6. The third kappa shape index (κ3) is 3.29. The predicted molar refractivity (Wildman–Crippen MR) is 48.1 cm³/mol. The number of aromatic nitrogens is 1. The van der Waals surface area contributed by atoms with Gasteiger partial charge in [0.1, 0.15) is 0 Å². The van der Waals surface area contributed by atoms with E-state index in [-0.39, 0.29) is 11.3 Å². The zero-order chi connectivity index (χ0) is 13.1. The van der Waals surface area contributed by atoms with Crippen molar-refractivity contribution < 1.29 is 22.3 Å². The summed E-state index contributed by atoms with van der Waals surface area (Å²) in [6.07, 6.45) is -4.49. The maximum atomic E-state index is 13.6. The number of pyridine rings is 1. The van der Waals surface area contributed by atoms with E-state index >= 15 is 0 Å². The molecule has 0 unspecified atom stereocenters. The molecule has 0 radical (unpaired) electrons. The Morgan fingerprint density at radius 3 is 2.59 bits per heavy atom. The molecule has 0 saturated carbocycles. The average molecular weight is 249 g/mol. The van der Waals surface area contributed by atoms with E-state index in [0.717, 1.165) is 6.20 Å². The SMILES string of the molecule is N#CCc1cnc(CN)c(OC(F)(F)F)c1F. The molecular weight excluding hydrogens is 242 g/mol. The van der Waals surface area contributed by atoms with Crippen molar-refractivity contribution in [3.63, 3.8) is 0 Å². The van der Waals surface area contributed by atoms with Crippen LogP contribution in [0.5, 0.6) is 5.75 Å². The van der Waals surface area contributed by atoms with Gasteiger partial charge in [0.25, 0.3) is 0 Å². The summed E-state index contributed by atoms with van der Waals surface area (Å²) in [5, 5.41) is 8.36.